The number of rotatable bonds is 11. The van der Waals surface area contributed by atoms with Crippen molar-refractivity contribution in [3.63, 3.8) is 0 Å². The van der Waals surface area contributed by atoms with Crippen LogP contribution in [0.25, 0.3) is 0 Å². The SMILES string of the molecule is CC1CCc2c(sc(NC(=O)C(F)(F)C(F)(F)C(F)(F)C(F)(F)C(F)(F)C(F)(F)C(F)(F)C(F)F)c2C(=O)OC(C)C)C1. The van der Waals surface area contributed by atoms with E-state index in [9.17, 15) is 79.8 Å². The van der Waals surface area contributed by atoms with E-state index < -0.39 is 76.4 Å². The maximum absolute atomic E-state index is 14.5. The minimum Gasteiger partial charge on any atom is -0.459 e. The average molecular weight is 681 g/mol. The fourth-order valence-electron chi connectivity index (χ4n) is 3.79. The van der Waals surface area contributed by atoms with Crippen molar-refractivity contribution in [2.24, 2.45) is 5.92 Å². The maximum Gasteiger partial charge on any atom is 0.393 e. The van der Waals surface area contributed by atoms with E-state index in [1.807, 2.05) is 0 Å². The second kappa shape index (κ2) is 11.1. The van der Waals surface area contributed by atoms with Gasteiger partial charge in [-0.15, -0.1) is 11.3 Å². The van der Waals surface area contributed by atoms with Crippen LogP contribution in [-0.2, 0) is 22.4 Å². The number of carbonyl (C=O) groups is 2. The van der Waals surface area contributed by atoms with Crippen molar-refractivity contribution in [3.05, 3.63) is 16.0 Å². The Hall–Kier alpha value is -2.48. The maximum atomic E-state index is 14.5. The minimum absolute atomic E-state index is 0.0226. The second-order valence-corrected chi connectivity index (χ2v) is 10.9. The zero-order chi connectivity index (χ0) is 33.9. The molecule has 1 amide bonds. The Morgan fingerprint density at radius 3 is 1.74 bits per heavy atom. The van der Waals surface area contributed by atoms with Crippen LogP contribution in [0.5, 0.6) is 0 Å². The van der Waals surface area contributed by atoms with Crippen LogP contribution in [0.2, 0.25) is 0 Å². The molecule has 248 valence electrons. The Kier molecular flexibility index (Phi) is 9.52. The molecule has 1 aliphatic rings. The Balaban J connectivity index is 2.58. The molecule has 0 aromatic carbocycles. The van der Waals surface area contributed by atoms with E-state index in [-0.39, 0.29) is 40.5 Å². The Bertz CT molecular complexity index is 1230. The van der Waals surface area contributed by atoms with Crippen molar-refractivity contribution in [1.82, 2.24) is 0 Å². The van der Waals surface area contributed by atoms with Gasteiger partial charge >= 0.3 is 59.8 Å². The quantitative estimate of drug-likeness (QED) is 0.190. The van der Waals surface area contributed by atoms with Crippen LogP contribution >= 0.6 is 11.3 Å². The van der Waals surface area contributed by atoms with Crippen LogP contribution in [0.15, 0.2) is 0 Å². The molecule has 0 fully saturated rings. The van der Waals surface area contributed by atoms with E-state index in [0.29, 0.717) is 6.42 Å². The number of hydrogen-bond donors (Lipinski definition) is 1. The molecule has 0 spiro atoms. The predicted octanol–water partition coefficient (Wildman–Crippen LogP) is 8.09. The number of nitrogens with one attached hydrogen (secondary N) is 1. The van der Waals surface area contributed by atoms with Crippen molar-refractivity contribution in [2.75, 3.05) is 5.32 Å². The van der Waals surface area contributed by atoms with Gasteiger partial charge in [-0.25, -0.2) is 13.6 Å². The number of ether oxygens (including phenoxy) is 1. The number of anilines is 1. The largest absolute Gasteiger partial charge is 0.459 e. The third-order valence-corrected chi connectivity index (χ3v) is 7.40. The number of carbonyl (C=O) groups excluding carboxylic acids is 2. The number of fused-ring (bicyclic) bond motifs is 1. The third-order valence-electron chi connectivity index (χ3n) is 6.24. The lowest BCUT2D eigenvalue weighted by Crippen LogP contribution is -2.74. The van der Waals surface area contributed by atoms with Gasteiger partial charge in [-0.3, -0.25) is 4.79 Å². The van der Waals surface area contributed by atoms with Gasteiger partial charge in [0.05, 0.1) is 11.7 Å². The summed E-state index contributed by atoms with van der Waals surface area (Å²) in [6, 6.07) is 0. The molecule has 0 saturated heterocycles. The van der Waals surface area contributed by atoms with Gasteiger partial charge in [-0.05, 0) is 44.6 Å². The second-order valence-electron chi connectivity index (χ2n) is 9.83. The highest BCUT2D eigenvalue weighted by molar-refractivity contribution is 7.17. The summed E-state index contributed by atoms with van der Waals surface area (Å²) in [7, 11) is 0. The van der Waals surface area contributed by atoms with Gasteiger partial charge in [-0.1, -0.05) is 6.92 Å². The zero-order valence-electron chi connectivity index (χ0n) is 21.5. The minimum atomic E-state index is -8.63. The molecule has 43 heavy (non-hydrogen) atoms. The van der Waals surface area contributed by atoms with Crippen molar-refractivity contribution in [1.29, 1.82) is 0 Å². The molecule has 2 rings (SSSR count). The number of esters is 1. The van der Waals surface area contributed by atoms with Gasteiger partial charge in [0.15, 0.2) is 0 Å². The Labute approximate surface area is 234 Å². The summed E-state index contributed by atoms with van der Waals surface area (Å²) in [5.74, 6) is -61.9. The van der Waals surface area contributed by atoms with Crippen LogP contribution in [0.1, 0.15) is 48.0 Å². The van der Waals surface area contributed by atoms with Gasteiger partial charge < -0.3 is 10.1 Å². The van der Waals surface area contributed by atoms with Gasteiger partial charge in [0.25, 0.3) is 0 Å². The van der Waals surface area contributed by atoms with Crippen LogP contribution in [0.3, 0.4) is 0 Å². The van der Waals surface area contributed by atoms with Crippen LogP contribution < -0.4 is 5.32 Å². The smallest absolute Gasteiger partial charge is 0.393 e. The number of thiophene rings is 1. The average Bonchev–Trinajstić information content (AvgIpc) is 3.19. The molecule has 0 saturated carbocycles. The van der Waals surface area contributed by atoms with Crippen LogP contribution in [-0.4, -0.2) is 65.9 Å². The molecule has 1 aliphatic carbocycles. The van der Waals surface area contributed by atoms with Gasteiger partial charge in [0.2, 0.25) is 0 Å². The summed E-state index contributed by atoms with van der Waals surface area (Å²) >= 11 is 0.282. The molecule has 1 unspecified atom stereocenters. The number of hydrogen-bond acceptors (Lipinski definition) is 4. The first-order valence-electron chi connectivity index (χ1n) is 11.6. The van der Waals surface area contributed by atoms with E-state index in [4.69, 9.17) is 4.74 Å². The molecule has 1 N–H and O–H groups in total. The lowest BCUT2D eigenvalue weighted by Gasteiger charge is -2.42. The fraction of sp³-hybridized carbons (Fsp3) is 0.727. The van der Waals surface area contributed by atoms with Crippen molar-refractivity contribution < 1.29 is 84.6 Å². The summed E-state index contributed by atoms with van der Waals surface area (Å²) < 4.78 is 223. The molecule has 0 aliphatic heterocycles. The van der Waals surface area contributed by atoms with Gasteiger partial charge in [0.1, 0.15) is 5.00 Å². The zero-order valence-corrected chi connectivity index (χ0v) is 22.4. The summed E-state index contributed by atoms with van der Waals surface area (Å²) in [4.78, 5) is 24.8. The van der Waals surface area contributed by atoms with Gasteiger partial charge in [0, 0.05) is 4.88 Å². The fourth-order valence-corrected chi connectivity index (χ4v) is 5.18. The summed E-state index contributed by atoms with van der Waals surface area (Å²) in [6.07, 6.45) is -6.37. The Morgan fingerprint density at radius 1 is 0.814 bits per heavy atom. The van der Waals surface area contributed by atoms with E-state index >= 15 is 0 Å². The third kappa shape index (κ3) is 5.51. The topological polar surface area (TPSA) is 55.4 Å². The first-order chi connectivity index (χ1) is 19.0. The highest BCUT2D eigenvalue weighted by Crippen LogP contribution is 2.63. The number of amides is 1. The van der Waals surface area contributed by atoms with Crippen LogP contribution in [0.4, 0.5) is 75.2 Å². The molecular formula is C22H19F16NO3S. The highest BCUT2D eigenvalue weighted by atomic mass is 32.1. The number of halogens is 16. The predicted molar refractivity (Wildman–Crippen MR) is 115 cm³/mol. The van der Waals surface area contributed by atoms with Crippen LogP contribution in [0, 0.1) is 5.92 Å². The van der Waals surface area contributed by atoms with Crippen molar-refractivity contribution >= 4 is 28.2 Å². The monoisotopic (exact) mass is 681 g/mol. The van der Waals surface area contributed by atoms with E-state index in [2.05, 4.69) is 0 Å². The lowest BCUT2D eigenvalue weighted by atomic mass is 9.88. The summed E-state index contributed by atoms with van der Waals surface area (Å²) in [5, 5.41) is -0.117. The number of alkyl halides is 16. The molecule has 1 atom stereocenters. The summed E-state index contributed by atoms with van der Waals surface area (Å²) in [5.41, 5.74) is -0.664. The molecule has 4 nitrogen and oxygen atoms in total. The van der Waals surface area contributed by atoms with Gasteiger partial charge in [-0.2, -0.15) is 61.5 Å². The van der Waals surface area contributed by atoms with Crippen molar-refractivity contribution in [3.8, 4) is 0 Å². The first kappa shape index (κ1) is 36.7. The molecule has 0 radical (unpaired) electrons. The summed E-state index contributed by atoms with van der Waals surface area (Å²) in [6.45, 7) is 4.27. The normalized spacial score (nSPS) is 17.7. The Morgan fingerprint density at radius 2 is 1.28 bits per heavy atom. The standard InChI is InChI=1S/C22H19F16NO3S/c1-7(2)42-13(40)11-9-5-4-8(3)6-10(9)43-12(11)39-15(41)17(27,28)19(31,32)21(35,36)22(37,38)20(33,34)18(29,30)16(25,26)14(23)24/h7-8,14H,4-6H2,1-3H3,(H,39,41). The lowest BCUT2D eigenvalue weighted by molar-refractivity contribution is -0.443. The van der Waals surface area contributed by atoms with Crippen molar-refractivity contribution in [2.45, 2.75) is 94.0 Å². The van der Waals surface area contributed by atoms with E-state index in [1.54, 1.807) is 6.92 Å². The molecule has 1 aromatic rings. The first-order valence-corrected chi connectivity index (χ1v) is 12.4. The molecule has 21 heteroatoms. The molecule has 0 bridgehead atoms. The molecule has 1 aromatic heterocycles. The van der Waals surface area contributed by atoms with E-state index in [1.165, 1.54) is 13.8 Å². The van der Waals surface area contributed by atoms with E-state index in [0.717, 1.165) is 5.32 Å². The molecule has 1 heterocycles. The highest BCUT2D eigenvalue weighted by Gasteiger charge is 2.94. The molecular weight excluding hydrogens is 662 g/mol.